The second-order valence-electron chi connectivity index (χ2n) is 7.09. The number of likely N-dealkylation sites (tertiary alicyclic amines) is 1. The minimum Gasteiger partial charge on any atom is -0.342 e. The van der Waals surface area contributed by atoms with E-state index in [1.165, 1.54) is 32.1 Å². The highest BCUT2D eigenvalue weighted by molar-refractivity contribution is 5.83. The fourth-order valence-corrected chi connectivity index (χ4v) is 4.34. The maximum absolute atomic E-state index is 12.7. The fraction of sp³-hybridized carbons (Fsp3) is 0.938. The van der Waals surface area contributed by atoms with Gasteiger partial charge in [0.25, 0.3) is 0 Å². The van der Waals surface area contributed by atoms with Crippen LogP contribution in [0.5, 0.6) is 0 Å². The number of hydrogen-bond donors (Lipinski definition) is 1. The van der Waals surface area contributed by atoms with Crippen LogP contribution in [0.15, 0.2) is 0 Å². The topological polar surface area (TPSA) is 32.3 Å². The zero-order valence-corrected chi connectivity index (χ0v) is 12.5. The van der Waals surface area contributed by atoms with Crippen LogP contribution < -0.4 is 5.32 Å². The van der Waals surface area contributed by atoms with E-state index in [1.807, 2.05) is 0 Å². The van der Waals surface area contributed by atoms with Crippen LogP contribution in [-0.4, -0.2) is 37.0 Å². The van der Waals surface area contributed by atoms with Crippen LogP contribution in [0.1, 0.15) is 52.4 Å². The van der Waals surface area contributed by atoms with Gasteiger partial charge in [-0.2, -0.15) is 0 Å². The predicted octanol–water partition coefficient (Wildman–Crippen LogP) is 2.41. The molecule has 0 aromatic rings. The number of amides is 1. The Bertz CT molecular complexity index is 356. The van der Waals surface area contributed by atoms with Gasteiger partial charge in [-0.15, -0.1) is 0 Å². The number of hydrogen-bond acceptors (Lipinski definition) is 2. The number of piperidine rings is 1. The van der Waals surface area contributed by atoms with Gasteiger partial charge in [0.15, 0.2) is 0 Å². The molecule has 1 saturated carbocycles. The number of carbonyl (C=O) groups is 1. The lowest BCUT2D eigenvalue weighted by atomic mass is 9.82. The summed E-state index contributed by atoms with van der Waals surface area (Å²) < 4.78 is 0. The standard InChI is InChI=1S/C16H28N2O/c1-3-15(4-2)7-10-18(12-15)14(19)13-11-16(13)5-8-17-9-6-16/h13,17H,3-12H2,1-2H3. The molecule has 0 aromatic carbocycles. The molecule has 2 heterocycles. The Kier molecular flexibility index (Phi) is 3.36. The average Bonchev–Trinajstić information content (AvgIpc) is 2.97. The molecule has 3 rings (SSSR count). The van der Waals surface area contributed by atoms with Crippen LogP contribution in [0.4, 0.5) is 0 Å². The lowest BCUT2D eigenvalue weighted by Gasteiger charge is -2.28. The Morgan fingerprint density at radius 1 is 1.21 bits per heavy atom. The summed E-state index contributed by atoms with van der Waals surface area (Å²) in [5.74, 6) is 0.838. The monoisotopic (exact) mass is 264 g/mol. The molecule has 0 bridgehead atoms. The highest BCUT2D eigenvalue weighted by atomic mass is 16.2. The second kappa shape index (κ2) is 4.76. The molecule has 19 heavy (non-hydrogen) atoms. The summed E-state index contributed by atoms with van der Waals surface area (Å²) in [6, 6.07) is 0. The molecule has 108 valence electrons. The zero-order chi connectivity index (χ0) is 13.5. The van der Waals surface area contributed by atoms with E-state index in [4.69, 9.17) is 0 Å². The predicted molar refractivity (Wildman–Crippen MR) is 76.9 cm³/mol. The van der Waals surface area contributed by atoms with E-state index in [-0.39, 0.29) is 0 Å². The molecule has 1 atom stereocenters. The van der Waals surface area contributed by atoms with Gasteiger partial charge in [-0.1, -0.05) is 13.8 Å². The van der Waals surface area contributed by atoms with Crippen molar-refractivity contribution in [3.8, 4) is 0 Å². The summed E-state index contributed by atoms with van der Waals surface area (Å²) in [5.41, 5.74) is 0.817. The molecule has 1 spiro atoms. The molecule has 3 nitrogen and oxygen atoms in total. The minimum atomic E-state index is 0.360. The van der Waals surface area contributed by atoms with Gasteiger partial charge in [-0.05, 0) is 62.4 Å². The molecule has 1 aliphatic carbocycles. The molecular formula is C16H28N2O. The second-order valence-corrected chi connectivity index (χ2v) is 7.09. The summed E-state index contributed by atoms with van der Waals surface area (Å²) in [6.45, 7) is 8.80. The van der Waals surface area contributed by atoms with E-state index in [9.17, 15) is 4.79 Å². The molecule has 2 aliphatic heterocycles. The van der Waals surface area contributed by atoms with E-state index >= 15 is 0 Å². The first-order valence-electron chi connectivity index (χ1n) is 8.14. The summed E-state index contributed by atoms with van der Waals surface area (Å²) >= 11 is 0. The maximum Gasteiger partial charge on any atom is 0.226 e. The van der Waals surface area contributed by atoms with Gasteiger partial charge in [-0.25, -0.2) is 0 Å². The summed E-state index contributed by atoms with van der Waals surface area (Å²) in [6.07, 6.45) is 7.23. The molecular weight excluding hydrogens is 236 g/mol. The van der Waals surface area contributed by atoms with Crippen molar-refractivity contribution in [2.75, 3.05) is 26.2 Å². The van der Waals surface area contributed by atoms with Crippen LogP contribution in [0.3, 0.4) is 0 Å². The van der Waals surface area contributed by atoms with Crippen LogP contribution >= 0.6 is 0 Å². The highest BCUT2D eigenvalue weighted by Gasteiger charge is 2.59. The smallest absolute Gasteiger partial charge is 0.226 e. The third-order valence-electron chi connectivity index (χ3n) is 6.34. The molecule has 1 amide bonds. The molecule has 3 aliphatic rings. The van der Waals surface area contributed by atoms with Crippen molar-refractivity contribution in [3.63, 3.8) is 0 Å². The zero-order valence-electron chi connectivity index (χ0n) is 12.5. The van der Waals surface area contributed by atoms with Gasteiger partial charge < -0.3 is 10.2 Å². The lowest BCUT2D eigenvalue weighted by molar-refractivity contribution is -0.133. The first-order valence-corrected chi connectivity index (χ1v) is 8.14. The summed E-state index contributed by atoms with van der Waals surface area (Å²) in [7, 11) is 0. The Morgan fingerprint density at radius 2 is 1.89 bits per heavy atom. The number of rotatable bonds is 3. The highest BCUT2D eigenvalue weighted by Crippen LogP contribution is 2.59. The fourth-order valence-electron chi connectivity index (χ4n) is 4.34. The number of carbonyl (C=O) groups excluding carboxylic acids is 1. The van der Waals surface area contributed by atoms with Gasteiger partial charge in [0, 0.05) is 19.0 Å². The summed E-state index contributed by atoms with van der Waals surface area (Å²) in [4.78, 5) is 14.9. The quantitative estimate of drug-likeness (QED) is 0.849. The van der Waals surface area contributed by atoms with Crippen molar-refractivity contribution in [2.24, 2.45) is 16.7 Å². The van der Waals surface area contributed by atoms with E-state index in [1.54, 1.807) is 0 Å². The molecule has 0 aromatic heterocycles. The Labute approximate surface area is 117 Å². The van der Waals surface area contributed by atoms with Crippen molar-refractivity contribution in [3.05, 3.63) is 0 Å². The number of nitrogens with one attached hydrogen (secondary N) is 1. The van der Waals surface area contributed by atoms with Crippen LogP contribution in [0, 0.1) is 16.7 Å². The van der Waals surface area contributed by atoms with Gasteiger partial charge in [0.05, 0.1) is 0 Å². The van der Waals surface area contributed by atoms with Crippen molar-refractivity contribution in [2.45, 2.75) is 52.4 Å². The van der Waals surface area contributed by atoms with Gasteiger partial charge >= 0.3 is 0 Å². The van der Waals surface area contributed by atoms with Crippen molar-refractivity contribution >= 4 is 5.91 Å². The lowest BCUT2D eigenvalue weighted by Crippen LogP contribution is -2.36. The minimum absolute atomic E-state index is 0.360. The normalized spacial score (nSPS) is 31.7. The Hall–Kier alpha value is -0.570. The number of nitrogens with zero attached hydrogens (tertiary/aromatic N) is 1. The van der Waals surface area contributed by atoms with Crippen LogP contribution in [0.25, 0.3) is 0 Å². The first-order chi connectivity index (χ1) is 9.15. The molecule has 2 saturated heterocycles. The van der Waals surface area contributed by atoms with Crippen LogP contribution in [0.2, 0.25) is 0 Å². The first kappa shape index (κ1) is 13.4. The SMILES string of the molecule is CCC1(CC)CCN(C(=O)C2CC23CCNCC3)C1. The van der Waals surface area contributed by atoms with Gasteiger partial charge in [0.1, 0.15) is 0 Å². The molecule has 1 N–H and O–H groups in total. The molecule has 0 radical (unpaired) electrons. The maximum atomic E-state index is 12.7. The average molecular weight is 264 g/mol. The van der Waals surface area contributed by atoms with E-state index in [0.29, 0.717) is 22.7 Å². The third kappa shape index (κ3) is 2.20. The van der Waals surface area contributed by atoms with E-state index in [0.717, 1.165) is 32.6 Å². The molecule has 3 fully saturated rings. The third-order valence-corrected chi connectivity index (χ3v) is 6.34. The van der Waals surface area contributed by atoms with E-state index < -0.39 is 0 Å². The largest absolute Gasteiger partial charge is 0.342 e. The summed E-state index contributed by atoms with van der Waals surface area (Å²) in [5, 5.41) is 3.42. The Morgan fingerprint density at radius 3 is 2.47 bits per heavy atom. The van der Waals surface area contributed by atoms with Crippen molar-refractivity contribution < 1.29 is 4.79 Å². The Balaban J connectivity index is 1.61. The van der Waals surface area contributed by atoms with Gasteiger partial charge in [-0.3, -0.25) is 4.79 Å². The molecule has 1 unspecified atom stereocenters. The van der Waals surface area contributed by atoms with Crippen molar-refractivity contribution in [1.82, 2.24) is 10.2 Å². The molecule has 3 heteroatoms. The van der Waals surface area contributed by atoms with Gasteiger partial charge in [0.2, 0.25) is 5.91 Å². The van der Waals surface area contributed by atoms with Crippen LogP contribution in [-0.2, 0) is 4.79 Å². The van der Waals surface area contributed by atoms with Crippen molar-refractivity contribution in [1.29, 1.82) is 0 Å². The van der Waals surface area contributed by atoms with E-state index in [2.05, 4.69) is 24.1 Å².